The largest absolute Gasteiger partial charge is 0.384 e. The van der Waals surface area contributed by atoms with Gasteiger partial charge in [0.25, 0.3) is 11.8 Å². The molecule has 2 saturated carbocycles. The number of urea groups is 1. The van der Waals surface area contributed by atoms with Gasteiger partial charge in [0.1, 0.15) is 17.7 Å². The first-order chi connectivity index (χ1) is 26.2. The second-order valence-corrected chi connectivity index (χ2v) is 15.4. The first-order valence-corrected chi connectivity index (χ1v) is 19.2. The lowest BCUT2D eigenvalue weighted by Crippen LogP contribution is -2.56. The van der Waals surface area contributed by atoms with E-state index in [0.29, 0.717) is 37.2 Å². The smallest absolute Gasteiger partial charge is 0.315 e. The molecule has 1 aliphatic heterocycles. The molecule has 1 aromatic heterocycles. The summed E-state index contributed by atoms with van der Waals surface area (Å²) in [6.07, 6.45) is 9.42. The molecule has 1 saturated heterocycles. The van der Waals surface area contributed by atoms with Crippen LogP contribution in [0.5, 0.6) is 0 Å². The van der Waals surface area contributed by atoms with E-state index in [1.807, 2.05) is 0 Å². The van der Waals surface area contributed by atoms with Crippen molar-refractivity contribution in [1.29, 1.82) is 0 Å². The SMILES string of the molecule is [C-]#[N+]c1ccc(C(=O)N[C@H](CC2CCCCC2)C(=O)N2C[C@@H](n3nncc3C(C)(C)O)C[C@H]2C(=O)NC(CCCCNC(=O)NC2CC2)C(=O)C(N)=O)cc1. The highest BCUT2D eigenvalue weighted by molar-refractivity contribution is 6.37. The molecule has 0 radical (unpaired) electrons. The van der Waals surface area contributed by atoms with Gasteiger partial charge in [-0.15, -0.1) is 5.10 Å². The Labute approximate surface area is 320 Å². The summed E-state index contributed by atoms with van der Waals surface area (Å²) in [7, 11) is 0. The zero-order valence-electron chi connectivity index (χ0n) is 31.5. The molecule has 2 aliphatic carbocycles. The molecule has 4 atom stereocenters. The fraction of sp³-hybridized carbons (Fsp3) is 0.605. The van der Waals surface area contributed by atoms with Gasteiger partial charge in [-0.1, -0.05) is 61.6 Å². The summed E-state index contributed by atoms with van der Waals surface area (Å²) in [5, 5.41) is 30.2. The Balaban J connectivity index is 1.37. The second-order valence-electron chi connectivity index (χ2n) is 15.4. The number of aliphatic hydroxyl groups is 1. The maximum atomic E-state index is 14.7. The molecule has 296 valence electrons. The van der Waals surface area contributed by atoms with Crippen LogP contribution in [0, 0.1) is 12.5 Å². The lowest BCUT2D eigenvalue weighted by molar-refractivity contribution is -0.142. The zero-order valence-corrected chi connectivity index (χ0v) is 31.5. The van der Waals surface area contributed by atoms with Gasteiger partial charge in [0.2, 0.25) is 17.6 Å². The minimum Gasteiger partial charge on any atom is -0.384 e. The van der Waals surface area contributed by atoms with E-state index in [9.17, 15) is 33.9 Å². The van der Waals surface area contributed by atoms with Crippen LogP contribution in [0.2, 0.25) is 0 Å². The number of primary amides is 1. The van der Waals surface area contributed by atoms with Gasteiger partial charge >= 0.3 is 6.03 Å². The van der Waals surface area contributed by atoms with Crippen LogP contribution in [0.25, 0.3) is 4.85 Å². The van der Waals surface area contributed by atoms with Gasteiger partial charge in [0.15, 0.2) is 5.69 Å². The number of ketones is 1. The lowest BCUT2D eigenvalue weighted by atomic mass is 9.84. The molecule has 7 N–H and O–H groups in total. The predicted octanol–water partition coefficient (Wildman–Crippen LogP) is 2.14. The summed E-state index contributed by atoms with van der Waals surface area (Å²) in [4.78, 5) is 84.3. The minimum atomic E-state index is -1.36. The minimum absolute atomic E-state index is 0.0247. The van der Waals surface area contributed by atoms with Crippen LogP contribution < -0.4 is 27.0 Å². The molecule has 1 aromatic carbocycles. The summed E-state index contributed by atoms with van der Waals surface area (Å²) in [6.45, 7) is 10.7. The molecule has 55 heavy (non-hydrogen) atoms. The van der Waals surface area contributed by atoms with Crippen molar-refractivity contribution in [2.75, 3.05) is 13.1 Å². The first-order valence-electron chi connectivity index (χ1n) is 19.2. The van der Waals surface area contributed by atoms with Crippen molar-refractivity contribution in [3.05, 3.63) is 53.1 Å². The summed E-state index contributed by atoms with van der Waals surface area (Å²) >= 11 is 0. The molecule has 5 rings (SSSR count). The van der Waals surface area contributed by atoms with Gasteiger partial charge in [-0.2, -0.15) is 0 Å². The molecular weight excluding hydrogens is 708 g/mol. The van der Waals surface area contributed by atoms with E-state index in [-0.39, 0.29) is 42.9 Å². The fourth-order valence-electron chi connectivity index (χ4n) is 7.39. The third kappa shape index (κ3) is 11.1. The number of aromatic nitrogens is 3. The van der Waals surface area contributed by atoms with Crippen LogP contribution in [-0.2, 0) is 24.8 Å². The van der Waals surface area contributed by atoms with Crippen LogP contribution in [0.1, 0.15) is 113 Å². The van der Waals surface area contributed by atoms with Crippen molar-refractivity contribution in [1.82, 2.24) is 41.2 Å². The molecule has 2 aromatic rings. The number of hydrogen-bond acceptors (Lipinski definition) is 9. The van der Waals surface area contributed by atoms with E-state index >= 15 is 0 Å². The van der Waals surface area contributed by atoms with Crippen molar-refractivity contribution < 1.29 is 33.9 Å². The number of unbranched alkanes of at least 4 members (excludes halogenated alkanes) is 1. The highest BCUT2D eigenvalue weighted by atomic mass is 16.3. The van der Waals surface area contributed by atoms with Crippen LogP contribution in [0.3, 0.4) is 0 Å². The summed E-state index contributed by atoms with van der Waals surface area (Å²) in [6, 6.07) is 1.93. The zero-order chi connectivity index (χ0) is 39.7. The van der Waals surface area contributed by atoms with Crippen LogP contribution >= 0.6 is 0 Å². The Morgan fingerprint density at radius 1 is 1.00 bits per heavy atom. The summed E-state index contributed by atoms with van der Waals surface area (Å²) < 4.78 is 1.49. The van der Waals surface area contributed by atoms with Crippen molar-refractivity contribution in [2.45, 2.75) is 127 Å². The Morgan fingerprint density at radius 2 is 1.71 bits per heavy atom. The maximum absolute atomic E-state index is 14.7. The highest BCUT2D eigenvalue weighted by Crippen LogP contribution is 2.33. The second kappa shape index (κ2) is 18.3. The van der Waals surface area contributed by atoms with Gasteiger partial charge < -0.3 is 37.0 Å². The molecule has 3 aliphatic rings. The van der Waals surface area contributed by atoms with Gasteiger partial charge in [-0.05, 0) is 58.3 Å². The topological polar surface area (TPSA) is 235 Å². The Morgan fingerprint density at radius 3 is 2.35 bits per heavy atom. The summed E-state index contributed by atoms with van der Waals surface area (Å²) in [5.41, 5.74) is 5.02. The summed E-state index contributed by atoms with van der Waals surface area (Å²) in [5.74, 6) is -3.76. The number of carbonyl (C=O) groups is 6. The third-order valence-electron chi connectivity index (χ3n) is 10.6. The van der Waals surface area contributed by atoms with E-state index in [1.54, 1.807) is 13.8 Å². The Bertz CT molecular complexity index is 1760. The van der Waals surface area contributed by atoms with E-state index in [1.165, 1.54) is 40.0 Å². The van der Waals surface area contributed by atoms with E-state index in [2.05, 4.69) is 36.4 Å². The van der Waals surface area contributed by atoms with Crippen molar-refractivity contribution in [3.63, 3.8) is 0 Å². The quantitative estimate of drug-likeness (QED) is 0.0786. The monoisotopic (exact) mass is 760 g/mol. The first kappa shape index (κ1) is 40.8. The third-order valence-corrected chi connectivity index (χ3v) is 10.6. The number of amides is 6. The molecule has 0 spiro atoms. The highest BCUT2D eigenvalue weighted by Gasteiger charge is 2.45. The molecule has 6 amide bonds. The standard InChI is InChI=1S/C38H52N10O7/c1-38(2,55)31-21-42-46-48(31)27-20-30(35(52)44-28(32(49)33(39)50)11-7-8-18-41-37(54)43-26-16-17-26)47(22-27)36(53)29(19-23-9-5-4-6-10-23)45-34(51)24-12-14-25(40-3)15-13-24/h12-15,21,23,26-30,55H,4-11,16-20,22H2,1-2H3,(H2,39,50)(H,44,52)(H,45,51)(H2,41,43,54)/t27-,28?,29+,30-/m0/s1. The van der Waals surface area contributed by atoms with Gasteiger partial charge in [-0.3, -0.25) is 24.0 Å². The molecular formula is C38H52N10O7. The van der Waals surface area contributed by atoms with Gasteiger partial charge in [-0.25, -0.2) is 14.3 Å². The van der Waals surface area contributed by atoms with Crippen molar-refractivity contribution >= 4 is 41.1 Å². The molecule has 17 nitrogen and oxygen atoms in total. The fourth-order valence-corrected chi connectivity index (χ4v) is 7.39. The molecule has 3 fully saturated rings. The predicted molar refractivity (Wildman–Crippen MR) is 199 cm³/mol. The number of nitrogens with one attached hydrogen (secondary N) is 4. The van der Waals surface area contributed by atoms with E-state index in [4.69, 9.17) is 12.3 Å². The van der Waals surface area contributed by atoms with Gasteiger partial charge in [0, 0.05) is 31.1 Å². The molecule has 2 heterocycles. The lowest BCUT2D eigenvalue weighted by Gasteiger charge is -2.32. The Kier molecular flexibility index (Phi) is 13.6. The van der Waals surface area contributed by atoms with E-state index < -0.39 is 59.2 Å². The van der Waals surface area contributed by atoms with E-state index in [0.717, 1.165) is 44.9 Å². The number of nitrogens with two attached hydrogens (primary N) is 1. The molecule has 0 bridgehead atoms. The van der Waals surface area contributed by atoms with Crippen LogP contribution in [0.4, 0.5) is 10.5 Å². The van der Waals surface area contributed by atoms with Crippen LogP contribution in [-0.4, -0.2) is 97.7 Å². The normalized spacial score (nSPS) is 19.8. The number of hydrogen-bond donors (Lipinski definition) is 6. The number of likely N-dealkylation sites (tertiary alicyclic amines) is 1. The average Bonchev–Trinajstić information content (AvgIpc) is 3.62. The van der Waals surface area contributed by atoms with Crippen molar-refractivity contribution in [2.24, 2.45) is 11.7 Å². The van der Waals surface area contributed by atoms with Crippen LogP contribution in [0.15, 0.2) is 30.5 Å². The average molecular weight is 761 g/mol. The number of rotatable bonds is 17. The molecule has 17 heteroatoms. The Hall–Kier alpha value is -5.37. The molecule has 1 unspecified atom stereocenters. The number of nitrogens with zero attached hydrogens (tertiary/aromatic N) is 5. The maximum Gasteiger partial charge on any atom is 0.315 e. The number of Topliss-reactive ketones (excluding diaryl/α,β-unsaturated/α-hetero) is 1. The van der Waals surface area contributed by atoms with Gasteiger partial charge in [0.05, 0.1) is 30.5 Å². The number of benzene rings is 1. The van der Waals surface area contributed by atoms with Crippen molar-refractivity contribution in [3.8, 4) is 0 Å². The number of carbonyl (C=O) groups excluding carboxylic acids is 6.